The van der Waals surface area contributed by atoms with Crippen LogP contribution in [0.4, 0.5) is 0 Å². The molecule has 0 aromatic heterocycles. The maximum atomic E-state index is 0. The molecule has 9 heteroatoms. The molecule has 0 aromatic carbocycles. The summed E-state index contributed by atoms with van der Waals surface area (Å²) in [4.78, 5) is 0. The van der Waals surface area contributed by atoms with Crippen LogP contribution in [-0.2, 0) is 58.6 Å². The summed E-state index contributed by atoms with van der Waals surface area (Å²) in [5.41, 5.74) is 0. The van der Waals surface area contributed by atoms with Gasteiger partial charge in [-0.25, -0.2) is 0 Å². The van der Waals surface area contributed by atoms with Crippen LogP contribution in [0, 0.1) is 0 Å². The maximum Gasteiger partial charge on any atom is 6.00 e. The van der Waals surface area contributed by atoms with Crippen molar-refractivity contribution in [3.63, 3.8) is 0 Å². The molecule has 0 saturated heterocycles. The molecule has 0 unspecified atom stereocenters. The number of hydrogen-bond donors (Lipinski definition) is 0. The topological polar surface area (TPSA) is 0 Å². The van der Waals surface area contributed by atoms with Crippen LogP contribution in [0.5, 0.6) is 0 Å². The van der Waals surface area contributed by atoms with E-state index in [2.05, 4.69) is 0 Å². The van der Waals surface area contributed by atoms with E-state index >= 15 is 0 Å². The third-order valence-corrected chi connectivity index (χ3v) is 0. The maximum absolute atomic E-state index is 0. The molecule has 0 aliphatic heterocycles. The zero-order valence-corrected chi connectivity index (χ0v) is 13.1. The van der Waals surface area contributed by atoms with Crippen LogP contribution in [0.25, 0.3) is 0 Å². The van der Waals surface area contributed by atoms with Crippen molar-refractivity contribution in [1.29, 1.82) is 0 Å². The summed E-state index contributed by atoms with van der Waals surface area (Å²) in [5.74, 6) is 0. The molecular formula is Cl6MoNiPt. The van der Waals surface area contributed by atoms with E-state index in [1.165, 1.54) is 0 Å². The van der Waals surface area contributed by atoms with Crippen molar-refractivity contribution in [1.82, 2.24) is 0 Å². The number of rotatable bonds is 0. The predicted octanol–water partition coefficient (Wildman–Crippen LogP) is -18.0. The van der Waals surface area contributed by atoms with Gasteiger partial charge < -0.3 is 74.4 Å². The fourth-order valence-electron chi connectivity index (χ4n) is 0. The Bertz CT molecular complexity index is 13.0. The molecule has 0 fully saturated rings. The number of halogens is 6. The van der Waals surface area contributed by atoms with E-state index in [-0.39, 0.29) is 133 Å². The van der Waals surface area contributed by atoms with E-state index in [1.54, 1.807) is 0 Å². The van der Waals surface area contributed by atoms with E-state index in [4.69, 9.17) is 0 Å². The SMILES string of the molecule is [Cl-].[Cl-].[Cl-].[Cl-].[Cl-].[Cl-].[Mo+6].[Ni].[Pt]. The Labute approximate surface area is 131 Å². The summed E-state index contributed by atoms with van der Waals surface area (Å²) in [7, 11) is 0. The molecule has 0 saturated carbocycles. The van der Waals surface area contributed by atoms with Crippen molar-refractivity contribution in [3.8, 4) is 0 Å². The molecule has 68 valence electrons. The van der Waals surface area contributed by atoms with Crippen LogP contribution >= 0.6 is 0 Å². The van der Waals surface area contributed by atoms with Gasteiger partial charge in [0.2, 0.25) is 0 Å². The van der Waals surface area contributed by atoms with E-state index < -0.39 is 0 Å². The summed E-state index contributed by atoms with van der Waals surface area (Å²) < 4.78 is 0. The van der Waals surface area contributed by atoms with Gasteiger partial charge in [-0.3, -0.25) is 0 Å². The molecule has 0 atom stereocenters. The molecule has 0 aromatic rings. The van der Waals surface area contributed by atoms with Crippen LogP contribution < -0.4 is 74.4 Å². The van der Waals surface area contributed by atoms with Gasteiger partial charge in [-0.05, 0) is 0 Å². The molecule has 0 aliphatic rings. The van der Waals surface area contributed by atoms with Crippen molar-refractivity contribution in [2.75, 3.05) is 0 Å². The van der Waals surface area contributed by atoms with Crippen LogP contribution in [0.2, 0.25) is 0 Å². The standard InChI is InChI=1S/6ClH.Mo.Ni.Pt/h6*1H;;;/q;;;;;;+6;;/p-6. The van der Waals surface area contributed by atoms with Crippen molar-refractivity contribution in [3.05, 3.63) is 0 Å². The third-order valence-electron chi connectivity index (χ3n) is 0. The second kappa shape index (κ2) is 100. The quantitative estimate of drug-likeness (QED) is 0.258. The zero-order chi connectivity index (χ0) is 0. The average molecular weight is 562 g/mol. The van der Waals surface area contributed by atoms with Gasteiger partial charge in [0.05, 0.1) is 0 Å². The van der Waals surface area contributed by atoms with Crippen molar-refractivity contribution < 1.29 is 133 Å². The first-order chi connectivity index (χ1) is 0. The van der Waals surface area contributed by atoms with Gasteiger partial charge in [-0.1, -0.05) is 0 Å². The van der Waals surface area contributed by atoms with Gasteiger partial charge in [0.1, 0.15) is 0 Å². The first-order valence-corrected chi connectivity index (χ1v) is 0. The Morgan fingerprint density at radius 1 is 0.444 bits per heavy atom. The summed E-state index contributed by atoms with van der Waals surface area (Å²) in [5, 5.41) is 0. The number of hydrogen-bond acceptors (Lipinski definition) is 0. The van der Waals surface area contributed by atoms with Gasteiger partial charge in [0.25, 0.3) is 0 Å². The van der Waals surface area contributed by atoms with Crippen LogP contribution in [-0.4, -0.2) is 0 Å². The van der Waals surface area contributed by atoms with Crippen LogP contribution in [0.15, 0.2) is 0 Å². The Kier molecular flexibility index (Phi) is 1450. The monoisotopic (exact) mass is 561 g/mol. The average Bonchev–Trinajstić information content (AvgIpc) is 0. The zero-order valence-electron chi connectivity index (χ0n) is 3.31. The molecule has 0 aliphatic carbocycles. The van der Waals surface area contributed by atoms with Crippen molar-refractivity contribution in [2.45, 2.75) is 0 Å². The fraction of sp³-hybridized carbons (Fsp3) is 0. The molecule has 0 amide bonds. The van der Waals surface area contributed by atoms with Crippen molar-refractivity contribution in [2.24, 2.45) is 0 Å². The first kappa shape index (κ1) is 130. The minimum Gasteiger partial charge on any atom is -1.00 e. The minimum atomic E-state index is 0. The second-order valence-corrected chi connectivity index (χ2v) is 0. The Balaban J connectivity index is 0. The molecule has 9 heavy (non-hydrogen) atoms. The molecule has 0 heterocycles. The molecule has 0 bridgehead atoms. The van der Waals surface area contributed by atoms with E-state index in [9.17, 15) is 0 Å². The molecule has 0 rings (SSSR count). The summed E-state index contributed by atoms with van der Waals surface area (Å²) in [6.45, 7) is 0. The summed E-state index contributed by atoms with van der Waals surface area (Å²) in [6, 6.07) is 0. The predicted molar refractivity (Wildman–Crippen MR) is 0 cm³/mol. The van der Waals surface area contributed by atoms with E-state index in [0.29, 0.717) is 0 Å². The third kappa shape index (κ3) is 82.3. The molecule has 0 radical (unpaired) electrons. The van der Waals surface area contributed by atoms with Gasteiger partial charge in [-0.2, -0.15) is 0 Å². The van der Waals surface area contributed by atoms with E-state index in [1.807, 2.05) is 0 Å². The Morgan fingerprint density at radius 3 is 0.444 bits per heavy atom. The van der Waals surface area contributed by atoms with Crippen LogP contribution in [0.1, 0.15) is 0 Å². The van der Waals surface area contributed by atoms with Gasteiger partial charge in [0, 0.05) is 37.6 Å². The summed E-state index contributed by atoms with van der Waals surface area (Å²) in [6.07, 6.45) is 0. The Morgan fingerprint density at radius 2 is 0.444 bits per heavy atom. The largest absolute Gasteiger partial charge is 6.00 e. The Hall–Kier alpha value is 3.61. The second-order valence-electron chi connectivity index (χ2n) is 0. The van der Waals surface area contributed by atoms with Crippen molar-refractivity contribution >= 4 is 0 Å². The summed E-state index contributed by atoms with van der Waals surface area (Å²) >= 11 is 0. The molecule has 0 N–H and O–H groups in total. The normalized spacial score (nSPS) is 0. The molecule has 0 spiro atoms. The van der Waals surface area contributed by atoms with E-state index in [0.717, 1.165) is 0 Å². The molecule has 0 nitrogen and oxygen atoms in total. The van der Waals surface area contributed by atoms with Gasteiger partial charge in [0.15, 0.2) is 0 Å². The smallest absolute Gasteiger partial charge is 1.00 e. The van der Waals surface area contributed by atoms with Gasteiger partial charge in [-0.15, -0.1) is 0 Å². The van der Waals surface area contributed by atoms with Crippen LogP contribution in [0.3, 0.4) is 0 Å². The minimum absolute atomic E-state index is 0. The first-order valence-electron chi connectivity index (χ1n) is 0. The van der Waals surface area contributed by atoms with Gasteiger partial charge >= 0.3 is 21.1 Å². The molecular weight excluding hydrogens is 562 g/mol. The fourth-order valence-corrected chi connectivity index (χ4v) is 0.